The number of carbonyl (C=O) groups excluding carboxylic acids is 1. The summed E-state index contributed by atoms with van der Waals surface area (Å²) >= 11 is 6.04. The lowest BCUT2D eigenvalue weighted by Crippen LogP contribution is -2.26. The van der Waals surface area contributed by atoms with Crippen LogP contribution in [0, 0.1) is 11.6 Å². The van der Waals surface area contributed by atoms with E-state index in [0.29, 0.717) is 5.69 Å². The molecule has 0 heterocycles. The van der Waals surface area contributed by atoms with E-state index >= 15 is 0 Å². The van der Waals surface area contributed by atoms with Gasteiger partial charge in [-0.15, -0.1) is 0 Å². The van der Waals surface area contributed by atoms with Crippen molar-refractivity contribution in [3.8, 4) is 0 Å². The van der Waals surface area contributed by atoms with Gasteiger partial charge in [0, 0.05) is 24.3 Å². The number of aliphatic hydroxyl groups excluding tert-OH is 1. The molecule has 2 aromatic rings. The fourth-order valence-electron chi connectivity index (χ4n) is 1.95. The highest BCUT2D eigenvalue weighted by Gasteiger charge is 2.10. The molecule has 0 bridgehead atoms. The van der Waals surface area contributed by atoms with Gasteiger partial charge in [-0.3, -0.25) is 4.79 Å². The Balaban J connectivity index is 2.06. The molecule has 0 fully saturated rings. The maximum atomic E-state index is 13.5. The smallest absolute Gasteiger partial charge is 0.252 e. The average Bonchev–Trinajstić information content (AvgIpc) is 2.53. The molecule has 1 amide bonds. The first-order valence-corrected chi connectivity index (χ1v) is 7.25. The molecule has 3 N–H and O–H groups in total. The maximum Gasteiger partial charge on any atom is 0.252 e. The first-order chi connectivity index (χ1) is 11.0. The number of nitrogens with one attached hydrogen (secondary N) is 2. The normalized spacial score (nSPS) is 10.4. The molecule has 23 heavy (non-hydrogen) atoms. The van der Waals surface area contributed by atoms with Crippen LogP contribution in [0.3, 0.4) is 0 Å². The molecule has 0 unspecified atom stereocenters. The Morgan fingerprint density at radius 2 is 1.96 bits per heavy atom. The lowest BCUT2D eigenvalue weighted by molar-refractivity contribution is 0.0945. The third-order valence-electron chi connectivity index (χ3n) is 3.10. The number of anilines is 1. The van der Waals surface area contributed by atoms with Gasteiger partial charge < -0.3 is 15.7 Å². The molecule has 0 saturated carbocycles. The third-order valence-corrected chi connectivity index (χ3v) is 3.41. The van der Waals surface area contributed by atoms with Gasteiger partial charge in [-0.1, -0.05) is 11.6 Å². The van der Waals surface area contributed by atoms with Crippen LogP contribution in [0.1, 0.15) is 15.9 Å². The van der Waals surface area contributed by atoms with Gasteiger partial charge in [0.25, 0.3) is 5.91 Å². The number of halogens is 3. The largest absolute Gasteiger partial charge is 0.395 e. The molecule has 2 rings (SSSR count). The van der Waals surface area contributed by atoms with Crippen LogP contribution in [0.2, 0.25) is 5.02 Å². The SMILES string of the molecule is O=C(NCCO)c1ccc(NCc2cc(F)ccc2F)cc1Cl. The minimum Gasteiger partial charge on any atom is -0.395 e. The van der Waals surface area contributed by atoms with Crippen molar-refractivity contribution in [3.05, 3.63) is 64.2 Å². The Morgan fingerprint density at radius 1 is 1.17 bits per heavy atom. The third kappa shape index (κ3) is 4.64. The second kappa shape index (κ2) is 7.89. The summed E-state index contributed by atoms with van der Waals surface area (Å²) in [5.41, 5.74) is 1.02. The molecule has 2 aromatic carbocycles. The molecule has 0 radical (unpaired) electrons. The summed E-state index contributed by atoms with van der Waals surface area (Å²) in [6.45, 7) is 0.0478. The van der Waals surface area contributed by atoms with Gasteiger partial charge in [-0.2, -0.15) is 0 Å². The van der Waals surface area contributed by atoms with Crippen molar-refractivity contribution in [3.63, 3.8) is 0 Å². The topological polar surface area (TPSA) is 61.4 Å². The Morgan fingerprint density at radius 3 is 2.65 bits per heavy atom. The predicted molar refractivity (Wildman–Crippen MR) is 84.6 cm³/mol. The fraction of sp³-hybridized carbons (Fsp3) is 0.188. The van der Waals surface area contributed by atoms with Crippen molar-refractivity contribution in [1.29, 1.82) is 0 Å². The highest BCUT2D eigenvalue weighted by atomic mass is 35.5. The highest BCUT2D eigenvalue weighted by Crippen LogP contribution is 2.22. The lowest BCUT2D eigenvalue weighted by atomic mass is 10.1. The van der Waals surface area contributed by atoms with Gasteiger partial charge in [-0.25, -0.2) is 8.78 Å². The van der Waals surface area contributed by atoms with Gasteiger partial charge in [0.15, 0.2) is 0 Å². The molecular formula is C16H15ClF2N2O2. The minimum absolute atomic E-state index is 0.0793. The fourth-order valence-corrected chi connectivity index (χ4v) is 2.22. The van der Waals surface area contributed by atoms with E-state index in [-0.39, 0.29) is 35.8 Å². The van der Waals surface area contributed by atoms with Crippen molar-refractivity contribution in [2.24, 2.45) is 0 Å². The number of rotatable bonds is 6. The Bertz CT molecular complexity index is 710. The molecule has 4 nitrogen and oxygen atoms in total. The Labute approximate surface area is 137 Å². The number of carbonyl (C=O) groups is 1. The second-order valence-electron chi connectivity index (χ2n) is 4.76. The van der Waals surface area contributed by atoms with Gasteiger partial charge in [0.05, 0.1) is 17.2 Å². The summed E-state index contributed by atoms with van der Waals surface area (Å²) in [5.74, 6) is -1.42. The number of hydrogen-bond donors (Lipinski definition) is 3. The van der Waals surface area contributed by atoms with Crippen molar-refractivity contribution in [2.75, 3.05) is 18.5 Å². The van der Waals surface area contributed by atoms with Crippen molar-refractivity contribution in [1.82, 2.24) is 5.32 Å². The van der Waals surface area contributed by atoms with E-state index in [0.717, 1.165) is 18.2 Å². The first kappa shape index (κ1) is 17.2. The molecule has 0 aliphatic heterocycles. The van der Waals surface area contributed by atoms with Crippen LogP contribution < -0.4 is 10.6 Å². The van der Waals surface area contributed by atoms with Crippen molar-refractivity contribution < 1.29 is 18.7 Å². The predicted octanol–water partition coefficient (Wildman–Crippen LogP) is 2.95. The molecule has 0 aromatic heterocycles. The summed E-state index contributed by atoms with van der Waals surface area (Å²) in [7, 11) is 0. The molecular weight excluding hydrogens is 326 g/mol. The van der Waals surface area contributed by atoms with E-state index in [4.69, 9.17) is 16.7 Å². The van der Waals surface area contributed by atoms with Crippen LogP contribution in [-0.2, 0) is 6.54 Å². The first-order valence-electron chi connectivity index (χ1n) is 6.87. The average molecular weight is 341 g/mol. The van der Waals surface area contributed by atoms with E-state index in [2.05, 4.69) is 10.6 Å². The zero-order valence-corrected chi connectivity index (χ0v) is 12.8. The van der Waals surface area contributed by atoms with Gasteiger partial charge in [-0.05, 0) is 36.4 Å². The zero-order chi connectivity index (χ0) is 16.8. The Kier molecular flexibility index (Phi) is 5.90. The van der Waals surface area contributed by atoms with E-state index in [1.54, 1.807) is 6.07 Å². The molecule has 0 saturated heterocycles. The lowest BCUT2D eigenvalue weighted by Gasteiger charge is -2.10. The molecule has 122 valence electrons. The molecule has 0 aliphatic rings. The van der Waals surface area contributed by atoms with Gasteiger partial charge >= 0.3 is 0 Å². The molecule has 0 atom stereocenters. The van der Waals surface area contributed by atoms with Crippen LogP contribution >= 0.6 is 11.6 Å². The van der Waals surface area contributed by atoms with Gasteiger partial charge in [0.1, 0.15) is 11.6 Å². The van der Waals surface area contributed by atoms with Crippen LogP contribution in [0.15, 0.2) is 36.4 Å². The minimum atomic E-state index is -0.517. The van der Waals surface area contributed by atoms with E-state index < -0.39 is 17.5 Å². The van der Waals surface area contributed by atoms with E-state index in [1.165, 1.54) is 12.1 Å². The number of amides is 1. The number of benzene rings is 2. The summed E-state index contributed by atoms with van der Waals surface area (Å²) in [5, 5.41) is 14.3. The quantitative estimate of drug-likeness (QED) is 0.757. The summed E-state index contributed by atoms with van der Waals surface area (Å²) < 4.78 is 26.6. The molecule has 0 spiro atoms. The molecule has 0 aliphatic carbocycles. The number of hydrogen-bond acceptors (Lipinski definition) is 3. The summed E-state index contributed by atoms with van der Waals surface area (Å²) in [4.78, 5) is 11.8. The number of aliphatic hydroxyl groups is 1. The summed E-state index contributed by atoms with van der Waals surface area (Å²) in [6, 6.07) is 7.87. The second-order valence-corrected chi connectivity index (χ2v) is 5.17. The van der Waals surface area contributed by atoms with E-state index in [9.17, 15) is 13.6 Å². The maximum absolute atomic E-state index is 13.5. The monoisotopic (exact) mass is 340 g/mol. The standard InChI is InChI=1S/C16H15ClF2N2O2/c17-14-8-12(2-3-13(14)16(23)20-5-6-22)21-9-10-7-11(18)1-4-15(10)19/h1-4,7-8,21-22H,5-6,9H2,(H,20,23). The Hall–Kier alpha value is -2.18. The van der Waals surface area contributed by atoms with Gasteiger partial charge in [0.2, 0.25) is 0 Å². The van der Waals surface area contributed by atoms with Crippen LogP contribution in [-0.4, -0.2) is 24.2 Å². The zero-order valence-electron chi connectivity index (χ0n) is 12.1. The van der Waals surface area contributed by atoms with Crippen molar-refractivity contribution in [2.45, 2.75) is 6.54 Å². The van der Waals surface area contributed by atoms with Crippen molar-refractivity contribution >= 4 is 23.2 Å². The summed E-state index contributed by atoms with van der Waals surface area (Å²) in [6.07, 6.45) is 0. The van der Waals surface area contributed by atoms with Crippen LogP contribution in [0.4, 0.5) is 14.5 Å². The van der Waals surface area contributed by atoms with Crippen LogP contribution in [0.25, 0.3) is 0 Å². The van der Waals surface area contributed by atoms with E-state index in [1.807, 2.05) is 0 Å². The van der Waals surface area contributed by atoms with Crippen LogP contribution in [0.5, 0.6) is 0 Å². The highest BCUT2D eigenvalue weighted by molar-refractivity contribution is 6.34. The molecule has 7 heteroatoms.